The van der Waals surface area contributed by atoms with E-state index in [4.69, 9.17) is 14.2 Å². The van der Waals surface area contributed by atoms with Crippen molar-refractivity contribution < 1.29 is 19.0 Å². The Balaban J connectivity index is 0.000000891. The van der Waals surface area contributed by atoms with Crippen molar-refractivity contribution in [2.75, 3.05) is 18.1 Å². The van der Waals surface area contributed by atoms with Crippen LogP contribution in [0.15, 0.2) is 48.5 Å². The third kappa shape index (κ3) is 6.78. The zero-order valence-corrected chi connectivity index (χ0v) is 16.4. The van der Waals surface area contributed by atoms with Crippen molar-refractivity contribution in [1.82, 2.24) is 0 Å². The normalized spacial score (nSPS) is 9.50. The van der Waals surface area contributed by atoms with Crippen LogP contribution < -0.4 is 9.47 Å². The molecular formula is C19H23IO4. The maximum Gasteiger partial charge on any atom is 0.341 e. The molecule has 0 radical (unpaired) electrons. The molecule has 5 heteroatoms. The summed E-state index contributed by atoms with van der Waals surface area (Å²) >= 11 is 2.29. The molecule has 24 heavy (non-hydrogen) atoms. The van der Waals surface area contributed by atoms with Crippen LogP contribution in [0.1, 0.15) is 29.8 Å². The van der Waals surface area contributed by atoms with Gasteiger partial charge in [-0.25, -0.2) is 4.79 Å². The Bertz CT molecular complexity index is 614. The number of benzene rings is 2. The molecule has 0 bridgehead atoms. The summed E-state index contributed by atoms with van der Waals surface area (Å²) in [5, 5.41) is 0. The van der Waals surface area contributed by atoms with E-state index in [1.807, 2.05) is 37.3 Å². The smallest absolute Gasteiger partial charge is 0.341 e. The Morgan fingerprint density at radius 3 is 2.29 bits per heavy atom. The number of alkyl halides is 1. The van der Waals surface area contributed by atoms with Gasteiger partial charge in [-0.2, -0.15) is 0 Å². The second-order valence-electron chi connectivity index (χ2n) is 4.62. The van der Waals surface area contributed by atoms with Crippen LogP contribution in [0.3, 0.4) is 0 Å². The Hall–Kier alpha value is -1.76. The highest BCUT2D eigenvalue weighted by Crippen LogP contribution is 2.26. The number of methoxy groups -OCH3 is 1. The number of esters is 1. The largest absolute Gasteiger partial charge is 0.493 e. The monoisotopic (exact) mass is 442 g/mol. The zero-order valence-electron chi connectivity index (χ0n) is 14.3. The van der Waals surface area contributed by atoms with Crippen LogP contribution in [-0.2, 0) is 11.3 Å². The Morgan fingerprint density at radius 2 is 1.71 bits per heavy atom. The Kier molecular flexibility index (Phi) is 9.91. The number of halogens is 1. The average molecular weight is 442 g/mol. The average Bonchev–Trinajstić information content (AvgIpc) is 2.61. The van der Waals surface area contributed by atoms with Crippen LogP contribution in [0.25, 0.3) is 0 Å². The SMILES string of the molecule is CCI.CCOc1cc(OCc2ccccc2)ccc1C(=O)OC. The van der Waals surface area contributed by atoms with Crippen LogP contribution in [0, 0.1) is 0 Å². The van der Waals surface area contributed by atoms with E-state index in [0.717, 1.165) is 5.56 Å². The molecule has 0 amide bonds. The van der Waals surface area contributed by atoms with E-state index >= 15 is 0 Å². The maximum absolute atomic E-state index is 11.7. The molecule has 0 aliphatic carbocycles. The fourth-order valence-electron chi connectivity index (χ4n) is 1.89. The summed E-state index contributed by atoms with van der Waals surface area (Å²) in [6.45, 7) is 4.90. The van der Waals surface area contributed by atoms with E-state index < -0.39 is 5.97 Å². The first-order valence-electron chi connectivity index (χ1n) is 7.74. The molecule has 0 atom stereocenters. The van der Waals surface area contributed by atoms with Gasteiger partial charge in [0.05, 0.1) is 13.7 Å². The molecule has 0 aliphatic rings. The summed E-state index contributed by atoms with van der Waals surface area (Å²) in [5.41, 5.74) is 1.47. The Morgan fingerprint density at radius 1 is 1.04 bits per heavy atom. The molecule has 2 rings (SSSR count). The molecule has 0 spiro atoms. The van der Waals surface area contributed by atoms with Crippen LogP contribution >= 0.6 is 22.6 Å². The zero-order chi connectivity index (χ0) is 17.8. The maximum atomic E-state index is 11.7. The molecule has 0 N–H and O–H groups in total. The predicted octanol–water partition coefficient (Wildman–Crippen LogP) is 4.89. The fraction of sp³-hybridized carbons (Fsp3) is 0.316. The quantitative estimate of drug-likeness (QED) is 0.363. The van der Waals surface area contributed by atoms with Crippen molar-refractivity contribution in [2.24, 2.45) is 0 Å². The van der Waals surface area contributed by atoms with Crippen LogP contribution in [-0.4, -0.2) is 24.1 Å². The highest BCUT2D eigenvalue weighted by atomic mass is 127. The predicted molar refractivity (Wildman–Crippen MR) is 104 cm³/mol. The topological polar surface area (TPSA) is 44.8 Å². The first kappa shape index (κ1) is 20.3. The summed E-state index contributed by atoms with van der Waals surface area (Å²) in [7, 11) is 1.35. The molecule has 0 saturated carbocycles. The van der Waals surface area contributed by atoms with Gasteiger partial charge in [-0.05, 0) is 29.0 Å². The van der Waals surface area contributed by atoms with Gasteiger partial charge in [0, 0.05) is 6.07 Å². The van der Waals surface area contributed by atoms with E-state index in [1.54, 1.807) is 18.2 Å². The standard InChI is InChI=1S/C17H18O4.C2H5I/c1-3-20-16-11-14(9-10-15(16)17(18)19-2)21-12-13-7-5-4-6-8-13;1-2-3/h4-11H,3,12H2,1-2H3;2H2,1H3. The van der Waals surface area contributed by atoms with Gasteiger partial charge in [-0.1, -0.05) is 59.8 Å². The van der Waals surface area contributed by atoms with Crippen molar-refractivity contribution >= 4 is 28.6 Å². The summed E-state index contributed by atoms with van der Waals surface area (Å²) < 4.78 is 17.1. The summed E-state index contributed by atoms with van der Waals surface area (Å²) in [6, 6.07) is 15.0. The fourth-order valence-corrected chi connectivity index (χ4v) is 1.89. The van der Waals surface area contributed by atoms with Gasteiger partial charge in [-0.15, -0.1) is 0 Å². The first-order chi connectivity index (χ1) is 11.7. The number of hydrogen-bond donors (Lipinski definition) is 0. The number of carbonyl (C=O) groups is 1. The van der Waals surface area contributed by atoms with E-state index in [2.05, 4.69) is 29.5 Å². The van der Waals surface area contributed by atoms with Crippen LogP contribution in [0.2, 0.25) is 0 Å². The van der Waals surface area contributed by atoms with E-state index in [9.17, 15) is 4.79 Å². The van der Waals surface area contributed by atoms with Gasteiger partial charge >= 0.3 is 5.97 Å². The number of rotatable bonds is 6. The highest BCUT2D eigenvalue weighted by Gasteiger charge is 2.14. The van der Waals surface area contributed by atoms with Gasteiger partial charge in [0.1, 0.15) is 23.7 Å². The summed E-state index contributed by atoms with van der Waals surface area (Å²) in [4.78, 5) is 11.7. The number of ether oxygens (including phenoxy) is 3. The Labute approximate surface area is 157 Å². The van der Waals surface area contributed by atoms with Gasteiger partial charge in [0.15, 0.2) is 0 Å². The minimum Gasteiger partial charge on any atom is -0.493 e. The molecular weight excluding hydrogens is 419 g/mol. The lowest BCUT2D eigenvalue weighted by atomic mass is 10.2. The molecule has 2 aromatic carbocycles. The third-order valence-electron chi connectivity index (χ3n) is 2.91. The van der Waals surface area contributed by atoms with Gasteiger partial charge in [0.2, 0.25) is 0 Å². The molecule has 0 aliphatic heterocycles. The van der Waals surface area contributed by atoms with Crippen LogP contribution in [0.5, 0.6) is 11.5 Å². The lowest BCUT2D eigenvalue weighted by Crippen LogP contribution is -2.06. The summed E-state index contributed by atoms with van der Waals surface area (Å²) in [5.74, 6) is 0.693. The van der Waals surface area contributed by atoms with Crippen molar-refractivity contribution in [3.63, 3.8) is 0 Å². The molecule has 0 unspecified atom stereocenters. The van der Waals surface area contributed by atoms with Gasteiger partial charge < -0.3 is 14.2 Å². The number of hydrogen-bond acceptors (Lipinski definition) is 4. The third-order valence-corrected chi connectivity index (χ3v) is 2.91. The molecule has 130 valence electrons. The molecule has 0 fully saturated rings. The lowest BCUT2D eigenvalue weighted by molar-refractivity contribution is 0.0596. The van der Waals surface area contributed by atoms with Crippen molar-refractivity contribution in [3.8, 4) is 11.5 Å². The molecule has 4 nitrogen and oxygen atoms in total. The highest BCUT2D eigenvalue weighted by molar-refractivity contribution is 14.1. The van der Waals surface area contributed by atoms with Crippen LogP contribution in [0.4, 0.5) is 0 Å². The first-order valence-corrected chi connectivity index (χ1v) is 9.26. The van der Waals surface area contributed by atoms with Crippen molar-refractivity contribution in [3.05, 3.63) is 59.7 Å². The second kappa shape index (κ2) is 11.7. The van der Waals surface area contributed by atoms with E-state index in [0.29, 0.717) is 30.3 Å². The molecule has 0 saturated heterocycles. The second-order valence-corrected chi connectivity index (χ2v) is 6.15. The lowest BCUT2D eigenvalue weighted by Gasteiger charge is -2.12. The molecule has 2 aromatic rings. The van der Waals surface area contributed by atoms with Crippen molar-refractivity contribution in [1.29, 1.82) is 0 Å². The molecule has 0 aromatic heterocycles. The van der Waals surface area contributed by atoms with Crippen molar-refractivity contribution in [2.45, 2.75) is 20.5 Å². The molecule has 0 heterocycles. The van der Waals surface area contributed by atoms with E-state index in [1.165, 1.54) is 11.5 Å². The van der Waals surface area contributed by atoms with Gasteiger partial charge in [0.25, 0.3) is 0 Å². The minimum atomic E-state index is -0.423. The van der Waals surface area contributed by atoms with Gasteiger partial charge in [-0.3, -0.25) is 0 Å². The summed E-state index contributed by atoms with van der Waals surface area (Å²) in [6.07, 6.45) is 0. The van der Waals surface area contributed by atoms with E-state index in [-0.39, 0.29) is 0 Å². The minimum absolute atomic E-state index is 0.395. The number of carbonyl (C=O) groups excluding carboxylic acids is 1.